The number of hydrogen-bond donors (Lipinski definition) is 2. The largest absolute Gasteiger partial charge is 0.417 e. The maximum atomic E-state index is 13.2. The van der Waals surface area contributed by atoms with E-state index in [-0.39, 0.29) is 6.04 Å². The predicted molar refractivity (Wildman–Crippen MR) is 115 cm³/mol. The van der Waals surface area contributed by atoms with E-state index in [0.717, 1.165) is 28.3 Å². The van der Waals surface area contributed by atoms with E-state index in [1.807, 2.05) is 17.5 Å². The highest BCUT2D eigenvalue weighted by atomic mass is 35.5. The lowest BCUT2D eigenvalue weighted by Gasteiger charge is -2.21. The van der Waals surface area contributed by atoms with Crippen LogP contribution in [0, 0.1) is 0 Å². The molecule has 3 aromatic rings. The number of dihydropyridines is 1. The first-order valence-corrected chi connectivity index (χ1v) is 10.4. The van der Waals surface area contributed by atoms with Crippen molar-refractivity contribution in [1.82, 2.24) is 15.6 Å². The molecule has 1 aromatic heterocycles. The van der Waals surface area contributed by atoms with E-state index in [2.05, 4.69) is 15.6 Å². The molecular weight excluding hydrogens is 447 g/mol. The quantitative estimate of drug-likeness (QED) is 0.504. The molecule has 4 rings (SSSR count). The number of halogens is 4. The van der Waals surface area contributed by atoms with Gasteiger partial charge in [-0.2, -0.15) is 13.2 Å². The van der Waals surface area contributed by atoms with Crippen molar-refractivity contribution in [3.63, 3.8) is 0 Å². The topological polar surface area (TPSA) is 54.0 Å². The lowest BCUT2D eigenvalue weighted by molar-refractivity contribution is -0.137. The summed E-state index contributed by atoms with van der Waals surface area (Å²) >= 11 is 7.88. The molecule has 1 atom stereocenters. The van der Waals surface area contributed by atoms with Gasteiger partial charge in [0.1, 0.15) is 5.01 Å². The first-order chi connectivity index (χ1) is 14.8. The second-order valence-electron chi connectivity index (χ2n) is 6.67. The number of nitrogens with zero attached hydrogens (tertiary/aromatic N) is 1. The van der Waals surface area contributed by atoms with Gasteiger partial charge >= 0.3 is 6.18 Å². The van der Waals surface area contributed by atoms with Gasteiger partial charge in [-0.1, -0.05) is 35.9 Å². The first kappa shape index (κ1) is 21.1. The SMILES string of the molecule is O=C(NC1=CNC(c2cc(-c3nccs3)ccc2Cl)C=C1)c1ccccc1C(F)(F)F. The number of thiazole rings is 1. The van der Waals surface area contributed by atoms with E-state index in [9.17, 15) is 18.0 Å². The number of allylic oxidation sites excluding steroid dienone is 1. The van der Waals surface area contributed by atoms with Crippen molar-refractivity contribution in [3.8, 4) is 10.6 Å². The molecular formula is C22H15ClF3N3OS. The summed E-state index contributed by atoms with van der Waals surface area (Å²) in [6.07, 6.45) is 2.04. The summed E-state index contributed by atoms with van der Waals surface area (Å²) in [5, 5.41) is 8.92. The van der Waals surface area contributed by atoms with Crippen molar-refractivity contribution in [2.45, 2.75) is 12.2 Å². The van der Waals surface area contributed by atoms with Crippen LogP contribution in [-0.2, 0) is 6.18 Å². The molecule has 0 saturated carbocycles. The average molecular weight is 462 g/mol. The highest BCUT2D eigenvalue weighted by molar-refractivity contribution is 7.13. The van der Waals surface area contributed by atoms with Crippen molar-refractivity contribution in [3.05, 3.63) is 99.8 Å². The van der Waals surface area contributed by atoms with Crippen LogP contribution in [0.4, 0.5) is 13.2 Å². The lowest BCUT2D eigenvalue weighted by Crippen LogP contribution is -2.28. The smallest absolute Gasteiger partial charge is 0.379 e. The van der Waals surface area contributed by atoms with E-state index in [1.165, 1.54) is 29.7 Å². The molecule has 0 fully saturated rings. The molecule has 1 unspecified atom stereocenters. The molecule has 31 heavy (non-hydrogen) atoms. The molecule has 2 aromatic carbocycles. The zero-order valence-electron chi connectivity index (χ0n) is 15.8. The Balaban J connectivity index is 1.50. The molecule has 158 valence electrons. The fraction of sp³-hybridized carbons (Fsp3) is 0.0909. The van der Waals surface area contributed by atoms with Gasteiger partial charge in [0.2, 0.25) is 0 Å². The van der Waals surface area contributed by atoms with Crippen LogP contribution in [0.3, 0.4) is 0 Å². The van der Waals surface area contributed by atoms with Crippen molar-refractivity contribution in [2.24, 2.45) is 0 Å². The van der Waals surface area contributed by atoms with Crippen LogP contribution in [0.1, 0.15) is 27.5 Å². The van der Waals surface area contributed by atoms with Gasteiger partial charge in [-0.3, -0.25) is 4.79 Å². The number of benzene rings is 2. The maximum absolute atomic E-state index is 13.2. The van der Waals surface area contributed by atoms with Gasteiger partial charge in [-0.15, -0.1) is 11.3 Å². The van der Waals surface area contributed by atoms with Crippen LogP contribution < -0.4 is 10.6 Å². The number of rotatable bonds is 4. The van der Waals surface area contributed by atoms with Crippen LogP contribution in [-0.4, -0.2) is 10.9 Å². The van der Waals surface area contributed by atoms with Crippen LogP contribution in [0.2, 0.25) is 5.02 Å². The van der Waals surface area contributed by atoms with Gasteiger partial charge < -0.3 is 10.6 Å². The van der Waals surface area contributed by atoms with Crippen LogP contribution in [0.5, 0.6) is 0 Å². The number of alkyl halides is 3. The fourth-order valence-corrected chi connectivity index (χ4v) is 4.03. The summed E-state index contributed by atoms with van der Waals surface area (Å²) in [6.45, 7) is 0. The van der Waals surface area contributed by atoms with E-state index in [1.54, 1.807) is 24.4 Å². The summed E-state index contributed by atoms with van der Waals surface area (Å²) in [4.78, 5) is 16.7. The predicted octanol–water partition coefficient (Wildman–Crippen LogP) is 5.95. The highest BCUT2D eigenvalue weighted by Crippen LogP contribution is 2.33. The van der Waals surface area contributed by atoms with Gasteiger partial charge in [0.05, 0.1) is 22.9 Å². The third-order valence-electron chi connectivity index (χ3n) is 4.63. The van der Waals surface area contributed by atoms with E-state index >= 15 is 0 Å². The Morgan fingerprint density at radius 1 is 1.19 bits per heavy atom. The van der Waals surface area contributed by atoms with Crippen molar-refractivity contribution in [2.75, 3.05) is 0 Å². The number of aromatic nitrogens is 1. The molecule has 9 heteroatoms. The Morgan fingerprint density at radius 3 is 2.68 bits per heavy atom. The molecule has 2 heterocycles. The second kappa shape index (κ2) is 8.56. The molecule has 1 aliphatic heterocycles. The number of amides is 1. The standard InChI is InChI=1S/C22H15ClF3N3OS/c23-18-7-5-13(21-27-9-10-31-21)11-16(18)19-8-6-14(12-28-19)29-20(30)15-3-1-2-4-17(15)22(24,25)26/h1-12,19,28H,(H,29,30). The third-order valence-corrected chi connectivity index (χ3v) is 5.80. The Labute approximate surface area is 185 Å². The number of nitrogens with one attached hydrogen (secondary N) is 2. The molecule has 4 nitrogen and oxygen atoms in total. The third kappa shape index (κ3) is 4.65. The van der Waals surface area contributed by atoms with Gasteiger partial charge in [0, 0.05) is 28.4 Å². The lowest BCUT2D eigenvalue weighted by atomic mass is 10.0. The summed E-state index contributed by atoms with van der Waals surface area (Å²) in [5.74, 6) is -0.840. The molecule has 0 bridgehead atoms. The zero-order valence-corrected chi connectivity index (χ0v) is 17.4. The molecule has 0 spiro atoms. The minimum absolute atomic E-state index is 0.268. The monoisotopic (exact) mass is 461 g/mol. The molecule has 0 aliphatic carbocycles. The fourth-order valence-electron chi connectivity index (χ4n) is 3.16. The minimum atomic E-state index is -4.62. The van der Waals surface area contributed by atoms with E-state index in [0.29, 0.717) is 10.7 Å². The van der Waals surface area contributed by atoms with Gasteiger partial charge in [0.25, 0.3) is 5.91 Å². The average Bonchev–Trinajstić information content (AvgIpc) is 3.29. The Morgan fingerprint density at radius 2 is 2.00 bits per heavy atom. The van der Waals surface area contributed by atoms with Gasteiger partial charge in [0.15, 0.2) is 0 Å². The van der Waals surface area contributed by atoms with Crippen molar-refractivity contribution >= 4 is 28.8 Å². The van der Waals surface area contributed by atoms with Crippen LogP contribution in [0.25, 0.3) is 10.6 Å². The van der Waals surface area contributed by atoms with Crippen LogP contribution >= 0.6 is 22.9 Å². The summed E-state index contributed by atoms with van der Waals surface area (Å²) in [5.41, 5.74) is 0.659. The van der Waals surface area contributed by atoms with Crippen molar-refractivity contribution in [1.29, 1.82) is 0 Å². The van der Waals surface area contributed by atoms with E-state index in [4.69, 9.17) is 11.6 Å². The minimum Gasteiger partial charge on any atom is -0.379 e. The second-order valence-corrected chi connectivity index (χ2v) is 7.98. The molecule has 0 saturated heterocycles. The maximum Gasteiger partial charge on any atom is 0.417 e. The Kier molecular flexibility index (Phi) is 5.84. The van der Waals surface area contributed by atoms with Crippen molar-refractivity contribution < 1.29 is 18.0 Å². The first-order valence-electron chi connectivity index (χ1n) is 9.14. The van der Waals surface area contributed by atoms with Gasteiger partial charge in [-0.25, -0.2) is 4.98 Å². The molecule has 2 N–H and O–H groups in total. The zero-order chi connectivity index (χ0) is 22.0. The summed E-state index contributed by atoms with van der Waals surface area (Å²) in [7, 11) is 0. The van der Waals surface area contributed by atoms with Crippen LogP contribution in [0.15, 0.2) is 78.1 Å². The number of hydrogen-bond acceptors (Lipinski definition) is 4. The molecule has 0 radical (unpaired) electrons. The highest BCUT2D eigenvalue weighted by Gasteiger charge is 2.35. The summed E-state index contributed by atoms with van der Waals surface area (Å²) < 4.78 is 39.5. The summed E-state index contributed by atoms with van der Waals surface area (Å²) in [6, 6.07) is 10.00. The van der Waals surface area contributed by atoms with Gasteiger partial charge in [-0.05, 0) is 35.9 Å². The molecule has 1 amide bonds. The number of carbonyl (C=O) groups is 1. The Hall–Kier alpha value is -3.10. The molecule has 1 aliphatic rings. The normalized spacial score (nSPS) is 15.9. The Bertz CT molecular complexity index is 1170. The number of carbonyl (C=O) groups excluding carboxylic acids is 1. The van der Waals surface area contributed by atoms with E-state index < -0.39 is 23.2 Å².